The molecule has 106 valence electrons. The van der Waals surface area contributed by atoms with Gasteiger partial charge in [0.05, 0.1) is 0 Å². The van der Waals surface area contributed by atoms with Gasteiger partial charge in [0.2, 0.25) is 0 Å². The highest BCUT2D eigenvalue weighted by Crippen LogP contribution is 2.29. The van der Waals surface area contributed by atoms with Crippen LogP contribution in [0.2, 0.25) is 0 Å². The molecule has 19 heavy (non-hydrogen) atoms. The summed E-state index contributed by atoms with van der Waals surface area (Å²) in [5.41, 5.74) is 2.85. The number of nitrogens with zero attached hydrogens (tertiary/aromatic N) is 1. The van der Waals surface area contributed by atoms with Gasteiger partial charge < -0.3 is 15.3 Å². The maximum Gasteiger partial charge on any atom is 0.0451 e. The van der Waals surface area contributed by atoms with Crippen LogP contribution in [0.3, 0.4) is 0 Å². The number of hydrogen-bond donors (Lipinski definition) is 2. The van der Waals surface area contributed by atoms with Gasteiger partial charge in [0, 0.05) is 38.0 Å². The number of anilines is 1. The normalized spacial score (nSPS) is 23.2. The molecule has 1 heterocycles. The highest BCUT2D eigenvalue weighted by Gasteiger charge is 2.30. The highest BCUT2D eigenvalue weighted by molar-refractivity contribution is 5.54. The Morgan fingerprint density at radius 3 is 2.79 bits per heavy atom. The van der Waals surface area contributed by atoms with Crippen LogP contribution >= 0.6 is 0 Å². The topological polar surface area (TPSA) is 35.5 Å². The zero-order valence-corrected chi connectivity index (χ0v) is 12.3. The van der Waals surface area contributed by atoms with Crippen molar-refractivity contribution >= 4 is 5.69 Å². The third-order valence-corrected chi connectivity index (χ3v) is 3.91. The molecule has 1 aliphatic heterocycles. The van der Waals surface area contributed by atoms with Crippen LogP contribution in [0.15, 0.2) is 24.3 Å². The van der Waals surface area contributed by atoms with Crippen LogP contribution in [-0.2, 0) is 0 Å². The van der Waals surface area contributed by atoms with Crippen LogP contribution < -0.4 is 10.2 Å². The lowest BCUT2D eigenvalue weighted by atomic mass is 9.92. The minimum atomic E-state index is 0.243. The standard InChI is InChI=1S/C16H26N2O/c1-13-6-4-5-7-15(13)18-12-16(2,3)11-17-10-14(18)8-9-19/h4-7,14,17,19H,8-12H2,1-3H3. The Labute approximate surface area is 116 Å². The number of aliphatic hydroxyl groups excluding tert-OH is 1. The molecule has 2 N–H and O–H groups in total. The summed E-state index contributed by atoms with van der Waals surface area (Å²) in [7, 11) is 0. The van der Waals surface area contributed by atoms with Crippen LogP contribution in [0.1, 0.15) is 25.8 Å². The summed E-state index contributed by atoms with van der Waals surface area (Å²) in [4.78, 5) is 2.48. The summed E-state index contributed by atoms with van der Waals surface area (Å²) in [5, 5.41) is 12.9. The van der Waals surface area contributed by atoms with Gasteiger partial charge in [-0.1, -0.05) is 32.0 Å². The predicted octanol–water partition coefficient (Wildman–Crippen LogP) is 2.18. The number of nitrogens with one attached hydrogen (secondary N) is 1. The van der Waals surface area contributed by atoms with Gasteiger partial charge in [0.1, 0.15) is 0 Å². The minimum absolute atomic E-state index is 0.243. The van der Waals surface area contributed by atoms with Gasteiger partial charge in [0.15, 0.2) is 0 Å². The monoisotopic (exact) mass is 262 g/mol. The van der Waals surface area contributed by atoms with E-state index < -0.39 is 0 Å². The summed E-state index contributed by atoms with van der Waals surface area (Å²) in [5.74, 6) is 0. The summed E-state index contributed by atoms with van der Waals surface area (Å²) in [6.45, 7) is 10.00. The van der Waals surface area contributed by atoms with Crippen molar-refractivity contribution in [2.75, 3.05) is 31.1 Å². The molecule has 1 aromatic rings. The molecule has 3 nitrogen and oxygen atoms in total. The first-order valence-electron chi connectivity index (χ1n) is 7.17. The predicted molar refractivity (Wildman–Crippen MR) is 80.7 cm³/mol. The first kappa shape index (κ1) is 14.4. The van der Waals surface area contributed by atoms with E-state index in [2.05, 4.69) is 55.3 Å². The largest absolute Gasteiger partial charge is 0.396 e. The fraction of sp³-hybridized carbons (Fsp3) is 0.625. The molecule has 0 amide bonds. The van der Waals surface area contributed by atoms with E-state index in [1.165, 1.54) is 11.3 Å². The van der Waals surface area contributed by atoms with E-state index in [9.17, 15) is 5.11 Å². The number of aryl methyl sites for hydroxylation is 1. The smallest absolute Gasteiger partial charge is 0.0451 e. The van der Waals surface area contributed by atoms with Crippen molar-refractivity contribution in [2.45, 2.75) is 33.2 Å². The van der Waals surface area contributed by atoms with Crippen molar-refractivity contribution in [1.82, 2.24) is 5.32 Å². The maximum atomic E-state index is 9.32. The third kappa shape index (κ3) is 3.48. The Morgan fingerprint density at radius 2 is 2.11 bits per heavy atom. The Bertz CT molecular complexity index is 417. The zero-order valence-electron chi connectivity index (χ0n) is 12.3. The van der Waals surface area contributed by atoms with Crippen molar-refractivity contribution in [3.63, 3.8) is 0 Å². The van der Waals surface area contributed by atoms with Crippen molar-refractivity contribution in [1.29, 1.82) is 0 Å². The molecule has 2 rings (SSSR count). The summed E-state index contributed by atoms with van der Waals surface area (Å²) in [6, 6.07) is 8.91. The molecule has 0 aromatic heterocycles. The molecule has 1 aliphatic rings. The molecule has 3 heteroatoms. The number of rotatable bonds is 3. The molecule has 0 radical (unpaired) electrons. The lowest BCUT2D eigenvalue weighted by Gasteiger charge is -2.36. The van der Waals surface area contributed by atoms with Gasteiger partial charge in [-0.3, -0.25) is 0 Å². The second-order valence-electron chi connectivity index (χ2n) is 6.38. The summed E-state index contributed by atoms with van der Waals surface area (Å²) < 4.78 is 0. The minimum Gasteiger partial charge on any atom is -0.396 e. The van der Waals surface area contributed by atoms with Crippen molar-refractivity contribution in [3.05, 3.63) is 29.8 Å². The average molecular weight is 262 g/mol. The molecule has 1 saturated heterocycles. The molecular formula is C16H26N2O. The number of benzene rings is 1. The fourth-order valence-corrected chi connectivity index (χ4v) is 2.91. The van der Waals surface area contributed by atoms with Crippen LogP contribution in [0, 0.1) is 12.3 Å². The molecule has 0 bridgehead atoms. The summed E-state index contributed by atoms with van der Waals surface area (Å²) >= 11 is 0. The quantitative estimate of drug-likeness (QED) is 0.876. The van der Waals surface area contributed by atoms with Crippen molar-refractivity contribution in [3.8, 4) is 0 Å². The Kier molecular flexibility index (Phi) is 4.48. The second kappa shape index (κ2) is 5.93. The zero-order chi connectivity index (χ0) is 13.9. The van der Waals surface area contributed by atoms with Gasteiger partial charge in [-0.25, -0.2) is 0 Å². The number of aliphatic hydroxyl groups is 1. The van der Waals surface area contributed by atoms with Gasteiger partial charge in [-0.15, -0.1) is 0 Å². The molecule has 0 saturated carbocycles. The lowest BCUT2D eigenvalue weighted by Crippen LogP contribution is -2.42. The molecule has 0 aliphatic carbocycles. The summed E-state index contributed by atoms with van der Waals surface area (Å²) in [6.07, 6.45) is 0.817. The first-order valence-corrected chi connectivity index (χ1v) is 7.17. The van der Waals surface area contributed by atoms with E-state index in [-0.39, 0.29) is 12.0 Å². The number of hydrogen-bond acceptors (Lipinski definition) is 3. The van der Waals surface area contributed by atoms with Crippen LogP contribution in [0.25, 0.3) is 0 Å². The Morgan fingerprint density at radius 1 is 1.37 bits per heavy atom. The Balaban J connectivity index is 2.32. The third-order valence-electron chi connectivity index (χ3n) is 3.91. The van der Waals surface area contributed by atoms with Gasteiger partial charge in [0.25, 0.3) is 0 Å². The van der Waals surface area contributed by atoms with E-state index >= 15 is 0 Å². The molecule has 1 fully saturated rings. The number of para-hydroxylation sites is 1. The van der Waals surface area contributed by atoms with E-state index in [0.29, 0.717) is 6.04 Å². The van der Waals surface area contributed by atoms with Crippen molar-refractivity contribution in [2.24, 2.45) is 5.41 Å². The molecule has 0 spiro atoms. The second-order valence-corrected chi connectivity index (χ2v) is 6.38. The molecule has 1 atom stereocenters. The van der Waals surface area contributed by atoms with E-state index in [4.69, 9.17) is 0 Å². The highest BCUT2D eigenvalue weighted by atomic mass is 16.3. The lowest BCUT2D eigenvalue weighted by molar-refractivity contribution is 0.272. The van der Waals surface area contributed by atoms with E-state index in [0.717, 1.165) is 26.1 Å². The molecule has 1 aromatic carbocycles. The SMILES string of the molecule is Cc1ccccc1N1CC(C)(C)CNCC1CCO. The van der Waals surface area contributed by atoms with E-state index in [1.54, 1.807) is 0 Å². The van der Waals surface area contributed by atoms with Gasteiger partial charge in [-0.05, 0) is 30.4 Å². The van der Waals surface area contributed by atoms with E-state index in [1.807, 2.05) is 0 Å². The van der Waals surface area contributed by atoms with Gasteiger partial charge >= 0.3 is 0 Å². The molecule has 1 unspecified atom stereocenters. The van der Waals surface area contributed by atoms with Crippen LogP contribution in [0.4, 0.5) is 5.69 Å². The van der Waals surface area contributed by atoms with Crippen LogP contribution in [-0.4, -0.2) is 37.4 Å². The first-order chi connectivity index (χ1) is 9.03. The average Bonchev–Trinajstić information content (AvgIpc) is 2.49. The van der Waals surface area contributed by atoms with Gasteiger partial charge in [-0.2, -0.15) is 0 Å². The van der Waals surface area contributed by atoms with Crippen molar-refractivity contribution < 1.29 is 5.11 Å². The Hall–Kier alpha value is -1.06. The maximum absolute atomic E-state index is 9.32. The molecular weight excluding hydrogens is 236 g/mol. The fourth-order valence-electron chi connectivity index (χ4n) is 2.91. The van der Waals surface area contributed by atoms with Crippen LogP contribution in [0.5, 0.6) is 0 Å².